The van der Waals surface area contributed by atoms with Crippen LogP contribution in [0, 0.1) is 0 Å². The van der Waals surface area contributed by atoms with Crippen LogP contribution in [-0.2, 0) is 14.3 Å². The van der Waals surface area contributed by atoms with Gasteiger partial charge in [0.1, 0.15) is 11.9 Å². The zero-order chi connectivity index (χ0) is 12.5. The zero-order valence-electron chi connectivity index (χ0n) is 10.2. The molecule has 1 fully saturated rings. The summed E-state index contributed by atoms with van der Waals surface area (Å²) in [5, 5.41) is 0. The van der Waals surface area contributed by atoms with Crippen molar-refractivity contribution in [3.8, 4) is 5.75 Å². The van der Waals surface area contributed by atoms with Crippen molar-refractivity contribution in [3.63, 3.8) is 0 Å². The van der Waals surface area contributed by atoms with Crippen LogP contribution in [0.15, 0.2) is 24.3 Å². The molecule has 0 spiro atoms. The van der Waals surface area contributed by atoms with Crippen molar-refractivity contribution in [2.75, 3.05) is 14.2 Å². The van der Waals surface area contributed by atoms with Gasteiger partial charge in [0.2, 0.25) is 0 Å². The van der Waals surface area contributed by atoms with Crippen LogP contribution in [0.25, 0.3) is 0 Å². The van der Waals surface area contributed by atoms with E-state index in [1.54, 1.807) is 7.11 Å². The van der Waals surface area contributed by atoms with Gasteiger partial charge in [-0.2, -0.15) is 0 Å². The van der Waals surface area contributed by atoms with Crippen LogP contribution in [0.3, 0.4) is 0 Å². The zero-order valence-corrected chi connectivity index (χ0v) is 10.2. The summed E-state index contributed by atoms with van der Waals surface area (Å²) in [5.41, 5.74) is 0.182. The molecule has 0 bridgehead atoms. The fourth-order valence-electron chi connectivity index (χ4n) is 2.03. The van der Waals surface area contributed by atoms with Crippen LogP contribution in [0.2, 0.25) is 0 Å². The molecule has 2 atom stereocenters. The van der Waals surface area contributed by atoms with Crippen LogP contribution in [0.4, 0.5) is 0 Å². The lowest BCUT2D eigenvalue weighted by molar-refractivity contribution is -0.147. The molecule has 0 N–H and O–H groups in total. The van der Waals surface area contributed by atoms with E-state index in [1.165, 1.54) is 7.11 Å². The SMILES string of the molecule is CCC1(C(=O)OC)OC1c1ccc(OC)cc1. The maximum atomic E-state index is 11.7. The molecule has 1 aliphatic rings. The van der Waals surface area contributed by atoms with Gasteiger partial charge in [0.05, 0.1) is 14.2 Å². The second kappa shape index (κ2) is 4.37. The van der Waals surface area contributed by atoms with Crippen molar-refractivity contribution in [2.24, 2.45) is 0 Å². The Labute approximate surface area is 100 Å². The second-order valence-electron chi connectivity index (χ2n) is 4.01. The molecule has 2 unspecified atom stereocenters. The van der Waals surface area contributed by atoms with Gasteiger partial charge in [0, 0.05) is 0 Å². The number of hydrogen-bond donors (Lipinski definition) is 0. The summed E-state index contributed by atoms with van der Waals surface area (Å²) in [6.07, 6.45) is 0.405. The number of carbonyl (C=O) groups is 1. The molecule has 1 heterocycles. The lowest BCUT2D eigenvalue weighted by Gasteiger charge is -2.07. The third-order valence-electron chi connectivity index (χ3n) is 3.17. The Bertz CT molecular complexity index is 412. The number of rotatable bonds is 4. The summed E-state index contributed by atoms with van der Waals surface area (Å²) < 4.78 is 15.4. The molecule has 4 heteroatoms. The normalized spacial score (nSPS) is 26.4. The first-order chi connectivity index (χ1) is 8.17. The van der Waals surface area contributed by atoms with Gasteiger partial charge in [-0.15, -0.1) is 0 Å². The van der Waals surface area contributed by atoms with Gasteiger partial charge in [0.15, 0.2) is 5.60 Å². The molecule has 1 aromatic carbocycles. The minimum Gasteiger partial charge on any atom is -0.497 e. The lowest BCUT2D eigenvalue weighted by atomic mass is 9.97. The summed E-state index contributed by atoms with van der Waals surface area (Å²) in [7, 11) is 3.00. The average Bonchev–Trinajstić information content (AvgIpc) is 3.14. The van der Waals surface area contributed by atoms with E-state index in [2.05, 4.69) is 0 Å². The van der Waals surface area contributed by atoms with Crippen molar-refractivity contribution in [3.05, 3.63) is 29.8 Å². The maximum Gasteiger partial charge on any atom is 0.341 e. The minimum absolute atomic E-state index is 0.203. The molecule has 92 valence electrons. The molecular weight excluding hydrogens is 220 g/mol. The second-order valence-corrected chi connectivity index (χ2v) is 4.01. The fourth-order valence-corrected chi connectivity index (χ4v) is 2.03. The van der Waals surface area contributed by atoms with Gasteiger partial charge in [-0.25, -0.2) is 4.79 Å². The predicted molar refractivity (Wildman–Crippen MR) is 61.9 cm³/mol. The van der Waals surface area contributed by atoms with Crippen LogP contribution in [0.1, 0.15) is 25.0 Å². The van der Waals surface area contributed by atoms with Crippen molar-refractivity contribution in [1.29, 1.82) is 0 Å². The highest BCUT2D eigenvalue weighted by molar-refractivity contribution is 5.83. The number of methoxy groups -OCH3 is 2. The Morgan fingerprint density at radius 3 is 2.47 bits per heavy atom. The van der Waals surface area contributed by atoms with E-state index in [9.17, 15) is 4.79 Å². The van der Waals surface area contributed by atoms with Crippen LogP contribution in [-0.4, -0.2) is 25.8 Å². The van der Waals surface area contributed by atoms with Gasteiger partial charge < -0.3 is 14.2 Å². The third kappa shape index (κ3) is 1.89. The Balaban J connectivity index is 2.17. The first-order valence-electron chi connectivity index (χ1n) is 5.58. The fraction of sp³-hybridized carbons (Fsp3) is 0.462. The predicted octanol–water partition coefficient (Wildman–Crippen LogP) is 2.09. The molecule has 0 saturated carbocycles. The molecule has 1 saturated heterocycles. The number of benzene rings is 1. The summed E-state index contributed by atoms with van der Waals surface area (Å²) >= 11 is 0. The molecule has 1 aromatic rings. The maximum absolute atomic E-state index is 11.7. The van der Waals surface area contributed by atoms with E-state index in [1.807, 2.05) is 31.2 Å². The number of hydrogen-bond acceptors (Lipinski definition) is 4. The van der Waals surface area contributed by atoms with E-state index < -0.39 is 5.60 Å². The third-order valence-corrected chi connectivity index (χ3v) is 3.17. The Kier molecular flexibility index (Phi) is 3.07. The first kappa shape index (κ1) is 11.9. The first-order valence-corrected chi connectivity index (χ1v) is 5.58. The Hall–Kier alpha value is -1.55. The smallest absolute Gasteiger partial charge is 0.341 e. The average molecular weight is 236 g/mol. The van der Waals surface area contributed by atoms with E-state index in [-0.39, 0.29) is 12.1 Å². The highest BCUT2D eigenvalue weighted by Crippen LogP contribution is 2.52. The standard InChI is InChI=1S/C13H16O4/c1-4-13(12(14)16-3)11(17-13)9-5-7-10(15-2)8-6-9/h5-8,11H,4H2,1-3H3. The van der Waals surface area contributed by atoms with Crippen molar-refractivity contribution in [1.82, 2.24) is 0 Å². The molecule has 1 aliphatic heterocycles. The summed E-state index contributed by atoms with van der Waals surface area (Å²) in [6, 6.07) is 7.52. The van der Waals surface area contributed by atoms with Crippen molar-refractivity contribution in [2.45, 2.75) is 25.0 Å². The van der Waals surface area contributed by atoms with Gasteiger partial charge >= 0.3 is 5.97 Å². The Morgan fingerprint density at radius 1 is 1.35 bits per heavy atom. The highest BCUT2D eigenvalue weighted by atomic mass is 16.7. The summed E-state index contributed by atoms with van der Waals surface area (Å²) in [6.45, 7) is 1.92. The Morgan fingerprint density at radius 2 is 2.00 bits per heavy atom. The molecule has 0 amide bonds. The molecule has 0 aromatic heterocycles. The minimum atomic E-state index is -0.788. The summed E-state index contributed by atoms with van der Waals surface area (Å²) in [5.74, 6) is 0.482. The van der Waals surface area contributed by atoms with Gasteiger partial charge in [-0.1, -0.05) is 19.1 Å². The van der Waals surface area contributed by atoms with Crippen molar-refractivity contribution >= 4 is 5.97 Å². The number of esters is 1. The highest BCUT2D eigenvalue weighted by Gasteiger charge is 2.62. The van der Waals surface area contributed by atoms with E-state index in [0.717, 1.165) is 11.3 Å². The van der Waals surface area contributed by atoms with Gasteiger partial charge in [-0.3, -0.25) is 0 Å². The van der Waals surface area contributed by atoms with Gasteiger partial charge in [-0.05, 0) is 24.1 Å². The number of carbonyl (C=O) groups excluding carboxylic acids is 1. The van der Waals surface area contributed by atoms with Gasteiger partial charge in [0.25, 0.3) is 0 Å². The molecule has 17 heavy (non-hydrogen) atoms. The topological polar surface area (TPSA) is 48.1 Å². The molecular formula is C13H16O4. The molecule has 0 radical (unpaired) electrons. The molecule has 0 aliphatic carbocycles. The lowest BCUT2D eigenvalue weighted by Crippen LogP contribution is -2.25. The monoisotopic (exact) mass is 236 g/mol. The molecule has 4 nitrogen and oxygen atoms in total. The largest absolute Gasteiger partial charge is 0.497 e. The number of ether oxygens (including phenoxy) is 3. The van der Waals surface area contributed by atoms with Crippen LogP contribution < -0.4 is 4.74 Å². The number of epoxide rings is 1. The van der Waals surface area contributed by atoms with Crippen LogP contribution in [0.5, 0.6) is 5.75 Å². The van der Waals surface area contributed by atoms with Crippen molar-refractivity contribution < 1.29 is 19.0 Å². The van der Waals surface area contributed by atoms with Crippen LogP contribution >= 0.6 is 0 Å². The van der Waals surface area contributed by atoms with E-state index >= 15 is 0 Å². The summed E-state index contributed by atoms with van der Waals surface area (Å²) in [4.78, 5) is 11.7. The quantitative estimate of drug-likeness (QED) is 0.593. The van der Waals surface area contributed by atoms with E-state index in [0.29, 0.717) is 6.42 Å². The molecule has 2 rings (SSSR count). The van der Waals surface area contributed by atoms with E-state index in [4.69, 9.17) is 14.2 Å².